The maximum absolute atomic E-state index is 2.59. The van der Waals surface area contributed by atoms with Gasteiger partial charge in [0, 0.05) is 0 Å². The monoisotopic (exact) mass is 162 g/mol. The van der Waals surface area contributed by atoms with Crippen molar-refractivity contribution < 1.29 is 0 Å². The van der Waals surface area contributed by atoms with E-state index in [1.807, 2.05) is 5.57 Å². The van der Waals surface area contributed by atoms with Crippen molar-refractivity contribution in [2.24, 2.45) is 23.2 Å². The summed E-state index contributed by atoms with van der Waals surface area (Å²) in [6, 6.07) is 0. The Bertz CT molecular complexity index is 247. The molecule has 2 fully saturated rings. The van der Waals surface area contributed by atoms with Gasteiger partial charge in [0.1, 0.15) is 0 Å². The third-order valence-electron chi connectivity index (χ3n) is 4.16. The van der Waals surface area contributed by atoms with Gasteiger partial charge in [0.05, 0.1) is 0 Å². The van der Waals surface area contributed by atoms with Crippen molar-refractivity contribution in [3.8, 4) is 0 Å². The van der Waals surface area contributed by atoms with Crippen LogP contribution in [0.4, 0.5) is 0 Å². The molecule has 0 heteroatoms. The molecule has 0 nitrogen and oxygen atoms in total. The fourth-order valence-electron chi connectivity index (χ4n) is 3.85. The Kier molecular flexibility index (Phi) is 1.18. The maximum atomic E-state index is 2.59. The molecular formula is C12H18. The van der Waals surface area contributed by atoms with Gasteiger partial charge in [-0.15, -0.1) is 0 Å². The lowest BCUT2D eigenvalue weighted by Gasteiger charge is -2.37. The highest BCUT2D eigenvalue weighted by Gasteiger charge is 2.47. The third-order valence-corrected chi connectivity index (χ3v) is 4.16. The summed E-state index contributed by atoms with van der Waals surface area (Å²) in [4.78, 5) is 0. The van der Waals surface area contributed by atoms with E-state index in [0.29, 0.717) is 5.41 Å². The molecule has 0 aromatic rings. The van der Waals surface area contributed by atoms with Crippen LogP contribution in [0.2, 0.25) is 0 Å². The summed E-state index contributed by atoms with van der Waals surface area (Å²) in [5.41, 5.74) is 2.32. The topological polar surface area (TPSA) is 0 Å². The van der Waals surface area contributed by atoms with Crippen LogP contribution in [-0.2, 0) is 0 Å². The van der Waals surface area contributed by atoms with Crippen molar-refractivity contribution in [2.75, 3.05) is 0 Å². The highest BCUT2D eigenvalue weighted by molar-refractivity contribution is 5.26. The highest BCUT2D eigenvalue weighted by Crippen LogP contribution is 2.58. The van der Waals surface area contributed by atoms with Gasteiger partial charge in [-0.2, -0.15) is 0 Å². The second-order valence-electron chi connectivity index (χ2n) is 5.82. The minimum Gasteiger partial charge on any atom is -0.0793 e. The zero-order valence-electron chi connectivity index (χ0n) is 8.14. The number of hydrogen-bond acceptors (Lipinski definition) is 0. The molecule has 2 saturated carbocycles. The van der Waals surface area contributed by atoms with Crippen LogP contribution in [0.25, 0.3) is 0 Å². The molecule has 0 spiro atoms. The van der Waals surface area contributed by atoms with Crippen LogP contribution in [0.3, 0.4) is 0 Å². The smallest absolute Gasteiger partial charge is 0.0169 e. The van der Waals surface area contributed by atoms with Gasteiger partial charge in [-0.1, -0.05) is 25.5 Å². The second-order valence-corrected chi connectivity index (χ2v) is 5.82. The Hall–Kier alpha value is -0.260. The minimum atomic E-state index is 0.514. The average molecular weight is 162 g/mol. The Morgan fingerprint density at radius 1 is 1.33 bits per heavy atom. The highest BCUT2D eigenvalue weighted by atomic mass is 14.5. The Balaban J connectivity index is 2.00. The van der Waals surface area contributed by atoms with Crippen molar-refractivity contribution in [3.63, 3.8) is 0 Å². The number of allylic oxidation sites excluding steroid dienone is 2. The summed E-state index contributed by atoms with van der Waals surface area (Å²) < 4.78 is 0. The van der Waals surface area contributed by atoms with E-state index in [2.05, 4.69) is 19.9 Å². The van der Waals surface area contributed by atoms with E-state index in [4.69, 9.17) is 0 Å². The lowest BCUT2D eigenvalue weighted by molar-refractivity contribution is 0.288. The Morgan fingerprint density at radius 2 is 2.17 bits per heavy atom. The van der Waals surface area contributed by atoms with E-state index in [0.717, 1.165) is 17.8 Å². The first-order valence-electron chi connectivity index (χ1n) is 5.36. The van der Waals surface area contributed by atoms with Gasteiger partial charge in [0.25, 0.3) is 0 Å². The molecular weight excluding hydrogens is 144 g/mol. The molecule has 3 rings (SSSR count). The van der Waals surface area contributed by atoms with Crippen LogP contribution in [0.5, 0.6) is 0 Å². The standard InChI is InChI=1S/C12H18/c1-12(2)6-8-3-9-5-10(7-12)11(9)4-8/h7-9,11H,3-6H2,1-2H3. The predicted molar refractivity (Wildman–Crippen MR) is 50.8 cm³/mol. The normalized spacial score (nSPS) is 47.8. The van der Waals surface area contributed by atoms with Crippen LogP contribution in [0, 0.1) is 23.2 Å². The van der Waals surface area contributed by atoms with E-state index in [1.165, 1.54) is 19.3 Å². The molecule has 0 aromatic heterocycles. The molecule has 0 heterocycles. The van der Waals surface area contributed by atoms with Crippen molar-refractivity contribution in [3.05, 3.63) is 11.6 Å². The van der Waals surface area contributed by atoms with Gasteiger partial charge in [0.15, 0.2) is 0 Å². The van der Waals surface area contributed by atoms with Crippen molar-refractivity contribution in [1.29, 1.82) is 0 Å². The Labute approximate surface area is 75.0 Å². The molecule has 2 bridgehead atoms. The van der Waals surface area contributed by atoms with Crippen LogP contribution >= 0.6 is 0 Å². The molecule has 12 heavy (non-hydrogen) atoms. The molecule has 3 unspecified atom stereocenters. The van der Waals surface area contributed by atoms with Gasteiger partial charge in [-0.25, -0.2) is 0 Å². The summed E-state index contributed by atoms with van der Waals surface area (Å²) in [5.74, 6) is 3.21. The zero-order valence-corrected chi connectivity index (χ0v) is 8.14. The van der Waals surface area contributed by atoms with Gasteiger partial charge in [-0.3, -0.25) is 0 Å². The van der Waals surface area contributed by atoms with Crippen LogP contribution < -0.4 is 0 Å². The minimum absolute atomic E-state index is 0.514. The van der Waals surface area contributed by atoms with E-state index in [9.17, 15) is 0 Å². The first kappa shape index (κ1) is 7.17. The van der Waals surface area contributed by atoms with E-state index in [-0.39, 0.29) is 0 Å². The quantitative estimate of drug-likeness (QED) is 0.479. The molecule has 3 aliphatic rings. The summed E-state index contributed by atoms with van der Waals surface area (Å²) >= 11 is 0. The summed E-state index contributed by atoms with van der Waals surface area (Å²) in [6.45, 7) is 4.82. The summed E-state index contributed by atoms with van der Waals surface area (Å²) in [7, 11) is 0. The van der Waals surface area contributed by atoms with Crippen LogP contribution in [-0.4, -0.2) is 0 Å². The maximum Gasteiger partial charge on any atom is -0.0169 e. The first-order chi connectivity index (χ1) is 5.64. The first-order valence-corrected chi connectivity index (χ1v) is 5.36. The number of fused-ring (bicyclic) bond motifs is 1. The van der Waals surface area contributed by atoms with Gasteiger partial charge >= 0.3 is 0 Å². The lowest BCUT2D eigenvalue weighted by atomic mass is 9.68. The molecule has 66 valence electrons. The Morgan fingerprint density at radius 3 is 3.00 bits per heavy atom. The van der Waals surface area contributed by atoms with Gasteiger partial charge in [-0.05, 0) is 48.9 Å². The predicted octanol–water partition coefficient (Wildman–Crippen LogP) is 3.39. The SMILES string of the molecule is CC1(C)C=C2CC3CC(CC23)C1. The van der Waals surface area contributed by atoms with Crippen LogP contribution in [0.1, 0.15) is 39.5 Å². The summed E-state index contributed by atoms with van der Waals surface area (Å²) in [5, 5.41) is 0. The summed E-state index contributed by atoms with van der Waals surface area (Å²) in [6.07, 6.45) is 8.56. The molecule has 0 aromatic carbocycles. The second kappa shape index (κ2) is 1.97. The van der Waals surface area contributed by atoms with Crippen LogP contribution in [0.15, 0.2) is 11.6 Å². The fourth-order valence-corrected chi connectivity index (χ4v) is 3.85. The molecule has 0 radical (unpaired) electrons. The molecule has 3 aliphatic carbocycles. The third kappa shape index (κ3) is 0.841. The number of hydrogen-bond donors (Lipinski definition) is 0. The fraction of sp³-hybridized carbons (Fsp3) is 0.833. The molecule has 0 saturated heterocycles. The van der Waals surface area contributed by atoms with E-state index < -0.39 is 0 Å². The zero-order chi connectivity index (χ0) is 8.34. The molecule has 0 amide bonds. The van der Waals surface area contributed by atoms with Crippen molar-refractivity contribution in [1.82, 2.24) is 0 Å². The van der Waals surface area contributed by atoms with Crippen molar-refractivity contribution >= 4 is 0 Å². The van der Waals surface area contributed by atoms with E-state index in [1.54, 1.807) is 6.42 Å². The lowest BCUT2D eigenvalue weighted by Crippen LogP contribution is -2.26. The molecule has 0 N–H and O–H groups in total. The van der Waals surface area contributed by atoms with E-state index >= 15 is 0 Å². The number of rotatable bonds is 0. The van der Waals surface area contributed by atoms with Crippen molar-refractivity contribution in [2.45, 2.75) is 39.5 Å². The molecule has 0 aliphatic heterocycles. The largest absolute Gasteiger partial charge is 0.0793 e. The molecule has 3 atom stereocenters. The average Bonchev–Trinajstić information content (AvgIpc) is 2.16. The van der Waals surface area contributed by atoms with Gasteiger partial charge in [0.2, 0.25) is 0 Å². The van der Waals surface area contributed by atoms with Gasteiger partial charge < -0.3 is 0 Å².